The molecule has 1 N–H and O–H groups in total. The molecule has 1 aromatic carbocycles. The molecule has 0 aliphatic carbocycles. The zero-order chi connectivity index (χ0) is 11.4. The Balaban J connectivity index is 2.79. The van der Waals surface area contributed by atoms with Gasteiger partial charge in [0.2, 0.25) is 0 Å². The predicted octanol–water partition coefficient (Wildman–Crippen LogP) is 2.93. The second-order valence-corrected chi connectivity index (χ2v) is 3.56. The van der Waals surface area contributed by atoms with Crippen LogP contribution < -0.4 is 0 Å². The Labute approximate surface area is 91.3 Å². The average Bonchev–Trinajstić information content (AvgIpc) is 2.15. The van der Waals surface area contributed by atoms with Gasteiger partial charge in [0.15, 0.2) is 0 Å². The molecule has 2 nitrogen and oxygen atoms in total. The van der Waals surface area contributed by atoms with Gasteiger partial charge in [-0.15, -0.1) is 12.6 Å². The van der Waals surface area contributed by atoms with Gasteiger partial charge in [0.25, 0.3) is 6.43 Å². The van der Waals surface area contributed by atoms with Gasteiger partial charge in [-0.25, -0.2) is 8.78 Å². The fraction of sp³-hybridized carbons (Fsp3) is 0.300. The molecule has 0 amide bonds. The standard InChI is InChI=1S/C10H10F2O2S/c11-10(12)7-2-1-6(8(15)5-7)3-4-9(13)14/h1-2,5,10,15H,3-4H2,(H,13,14). The van der Waals surface area contributed by atoms with E-state index in [0.717, 1.165) is 0 Å². The molecule has 1 aromatic rings. The third-order valence-corrected chi connectivity index (χ3v) is 2.39. The molecule has 5 heteroatoms. The molecule has 1 rings (SSSR count). The number of carbonyl (C=O) groups is 1. The van der Waals surface area contributed by atoms with Crippen molar-refractivity contribution in [2.24, 2.45) is 0 Å². The summed E-state index contributed by atoms with van der Waals surface area (Å²) >= 11 is 4.04. The Morgan fingerprint density at radius 1 is 1.47 bits per heavy atom. The van der Waals surface area contributed by atoms with Crippen LogP contribution in [-0.2, 0) is 11.2 Å². The SMILES string of the molecule is O=C(O)CCc1ccc(C(F)F)cc1S. The number of thiol groups is 1. The predicted molar refractivity (Wildman–Crippen MR) is 54.6 cm³/mol. The highest BCUT2D eigenvalue weighted by Crippen LogP contribution is 2.24. The molecule has 0 unspecified atom stereocenters. The highest BCUT2D eigenvalue weighted by molar-refractivity contribution is 7.80. The minimum Gasteiger partial charge on any atom is -0.481 e. The highest BCUT2D eigenvalue weighted by atomic mass is 32.1. The smallest absolute Gasteiger partial charge is 0.303 e. The molecule has 0 aromatic heterocycles. The van der Waals surface area contributed by atoms with Crippen LogP contribution in [0.3, 0.4) is 0 Å². The molecule has 0 aliphatic heterocycles. The number of carboxylic acid groups (broad SMARTS) is 1. The van der Waals surface area contributed by atoms with Crippen molar-refractivity contribution in [3.63, 3.8) is 0 Å². The van der Waals surface area contributed by atoms with Gasteiger partial charge in [0.05, 0.1) is 0 Å². The van der Waals surface area contributed by atoms with E-state index in [1.54, 1.807) is 0 Å². The maximum atomic E-state index is 12.3. The summed E-state index contributed by atoms with van der Waals surface area (Å²) in [5.41, 5.74) is 0.573. The first kappa shape index (κ1) is 12.0. The second kappa shape index (κ2) is 5.11. The second-order valence-electron chi connectivity index (χ2n) is 3.08. The minimum atomic E-state index is -2.52. The monoisotopic (exact) mass is 232 g/mol. The first-order valence-corrected chi connectivity index (χ1v) is 4.77. The summed E-state index contributed by atoms with van der Waals surface area (Å²) in [4.78, 5) is 10.7. The Kier molecular flexibility index (Phi) is 4.08. The Morgan fingerprint density at radius 2 is 2.13 bits per heavy atom. The molecule has 0 spiro atoms. The molecule has 0 aliphatic rings. The quantitative estimate of drug-likeness (QED) is 0.783. The van der Waals surface area contributed by atoms with Gasteiger partial charge in [-0.05, 0) is 18.1 Å². The van der Waals surface area contributed by atoms with Gasteiger partial charge in [0, 0.05) is 16.9 Å². The van der Waals surface area contributed by atoms with Crippen LogP contribution in [0.2, 0.25) is 0 Å². The van der Waals surface area contributed by atoms with E-state index in [0.29, 0.717) is 16.9 Å². The fourth-order valence-electron chi connectivity index (χ4n) is 1.17. The van der Waals surface area contributed by atoms with Crippen molar-refractivity contribution in [2.75, 3.05) is 0 Å². The van der Waals surface area contributed by atoms with Gasteiger partial charge in [-0.2, -0.15) is 0 Å². The van der Waals surface area contributed by atoms with Gasteiger partial charge in [-0.3, -0.25) is 4.79 Å². The maximum absolute atomic E-state index is 12.3. The van der Waals surface area contributed by atoms with E-state index in [1.807, 2.05) is 0 Å². The van der Waals surface area contributed by atoms with Crippen LogP contribution in [-0.4, -0.2) is 11.1 Å². The zero-order valence-corrected chi connectivity index (χ0v) is 8.68. The van der Waals surface area contributed by atoms with E-state index in [2.05, 4.69) is 12.6 Å². The maximum Gasteiger partial charge on any atom is 0.303 e. The topological polar surface area (TPSA) is 37.3 Å². The van der Waals surface area contributed by atoms with E-state index in [1.165, 1.54) is 18.2 Å². The largest absolute Gasteiger partial charge is 0.481 e. The number of rotatable bonds is 4. The lowest BCUT2D eigenvalue weighted by Gasteiger charge is -2.06. The van der Waals surface area contributed by atoms with Gasteiger partial charge in [-0.1, -0.05) is 12.1 Å². The minimum absolute atomic E-state index is 0.0262. The molecule has 0 heterocycles. The molecule has 0 radical (unpaired) electrons. The Hall–Kier alpha value is -1.10. The summed E-state index contributed by atoms with van der Waals surface area (Å²) in [5, 5.41) is 8.46. The third kappa shape index (κ3) is 3.51. The van der Waals surface area contributed by atoms with Crippen molar-refractivity contribution in [1.82, 2.24) is 0 Å². The summed E-state index contributed by atoms with van der Waals surface area (Å²) in [6.07, 6.45) is -2.25. The molecule has 0 saturated heterocycles. The third-order valence-electron chi connectivity index (χ3n) is 1.97. The summed E-state index contributed by atoms with van der Waals surface area (Å²) in [5.74, 6) is -0.916. The van der Waals surface area contributed by atoms with Crippen molar-refractivity contribution >= 4 is 18.6 Å². The van der Waals surface area contributed by atoms with Gasteiger partial charge >= 0.3 is 5.97 Å². The highest BCUT2D eigenvalue weighted by Gasteiger charge is 2.09. The van der Waals surface area contributed by atoms with E-state index >= 15 is 0 Å². The molecular weight excluding hydrogens is 222 g/mol. The lowest BCUT2D eigenvalue weighted by molar-refractivity contribution is -0.136. The number of aryl methyl sites for hydroxylation is 1. The average molecular weight is 232 g/mol. The molecule has 0 fully saturated rings. The van der Waals surface area contributed by atoms with Crippen molar-refractivity contribution in [1.29, 1.82) is 0 Å². The lowest BCUT2D eigenvalue weighted by Crippen LogP contribution is -1.98. The molecule has 82 valence electrons. The van der Waals surface area contributed by atoms with E-state index < -0.39 is 12.4 Å². The molecule has 0 atom stereocenters. The van der Waals surface area contributed by atoms with Crippen LogP contribution in [0, 0.1) is 0 Å². The van der Waals surface area contributed by atoms with Crippen LogP contribution in [0.25, 0.3) is 0 Å². The summed E-state index contributed by atoms with van der Waals surface area (Å²) in [7, 11) is 0. The Morgan fingerprint density at radius 3 is 2.60 bits per heavy atom. The van der Waals surface area contributed by atoms with Crippen molar-refractivity contribution < 1.29 is 18.7 Å². The van der Waals surface area contributed by atoms with Gasteiger partial charge < -0.3 is 5.11 Å². The lowest BCUT2D eigenvalue weighted by atomic mass is 10.1. The van der Waals surface area contributed by atoms with Crippen LogP contribution in [0.5, 0.6) is 0 Å². The normalized spacial score (nSPS) is 10.7. The number of halogens is 2. The summed E-state index contributed by atoms with van der Waals surface area (Å²) in [6, 6.07) is 4.05. The number of hydrogen-bond donors (Lipinski definition) is 2. The van der Waals surface area contributed by atoms with Crippen LogP contribution >= 0.6 is 12.6 Å². The van der Waals surface area contributed by atoms with Crippen molar-refractivity contribution in [3.8, 4) is 0 Å². The fourth-order valence-corrected chi connectivity index (χ4v) is 1.51. The number of alkyl halides is 2. The van der Waals surface area contributed by atoms with Gasteiger partial charge in [0.1, 0.15) is 0 Å². The Bertz CT molecular complexity index is 366. The van der Waals surface area contributed by atoms with Crippen LogP contribution in [0.4, 0.5) is 8.78 Å². The number of carboxylic acids is 1. The molecular formula is C10H10F2O2S. The molecule has 0 bridgehead atoms. The molecule has 15 heavy (non-hydrogen) atoms. The van der Waals surface area contributed by atoms with E-state index in [9.17, 15) is 13.6 Å². The molecule has 0 saturated carbocycles. The van der Waals surface area contributed by atoms with Crippen LogP contribution in [0.1, 0.15) is 24.0 Å². The van der Waals surface area contributed by atoms with Crippen LogP contribution in [0.15, 0.2) is 23.1 Å². The summed E-state index contributed by atoms with van der Waals surface area (Å²) in [6.45, 7) is 0. The van der Waals surface area contributed by atoms with Crippen molar-refractivity contribution in [2.45, 2.75) is 24.2 Å². The first-order chi connectivity index (χ1) is 7.00. The van der Waals surface area contributed by atoms with E-state index in [4.69, 9.17) is 5.11 Å². The zero-order valence-electron chi connectivity index (χ0n) is 7.78. The number of benzene rings is 1. The van der Waals surface area contributed by atoms with E-state index in [-0.39, 0.29) is 12.0 Å². The number of aliphatic carboxylic acids is 1. The first-order valence-electron chi connectivity index (χ1n) is 4.32. The number of hydrogen-bond acceptors (Lipinski definition) is 2. The van der Waals surface area contributed by atoms with Crippen molar-refractivity contribution in [3.05, 3.63) is 29.3 Å². The summed E-state index contributed by atoms with van der Waals surface area (Å²) < 4.78 is 24.5.